The van der Waals surface area contributed by atoms with Crippen LogP contribution in [-0.2, 0) is 4.79 Å². The zero-order valence-corrected chi connectivity index (χ0v) is 13.5. The van der Waals surface area contributed by atoms with Gasteiger partial charge in [0.1, 0.15) is 0 Å². The van der Waals surface area contributed by atoms with Crippen molar-refractivity contribution in [3.8, 4) is 0 Å². The Hall–Kier alpha value is -1.80. The zero-order valence-electron chi connectivity index (χ0n) is 12.7. The average molecular weight is 336 g/mol. The Morgan fingerprint density at radius 1 is 1.39 bits per heavy atom. The summed E-state index contributed by atoms with van der Waals surface area (Å²) >= 11 is 1.78. The molecule has 2 aliphatic heterocycles. The van der Waals surface area contributed by atoms with Crippen molar-refractivity contribution in [3.63, 3.8) is 0 Å². The lowest BCUT2D eigenvalue weighted by Crippen LogP contribution is -2.42. The highest BCUT2D eigenvalue weighted by molar-refractivity contribution is 7.99. The van der Waals surface area contributed by atoms with Gasteiger partial charge in [0.15, 0.2) is 0 Å². The van der Waals surface area contributed by atoms with Gasteiger partial charge in [-0.3, -0.25) is 14.4 Å². The van der Waals surface area contributed by atoms with Gasteiger partial charge in [-0.25, -0.2) is 0 Å². The summed E-state index contributed by atoms with van der Waals surface area (Å²) in [6.07, 6.45) is 2.15. The van der Waals surface area contributed by atoms with E-state index in [-0.39, 0.29) is 29.3 Å². The van der Waals surface area contributed by atoms with Crippen LogP contribution in [0.3, 0.4) is 0 Å². The van der Waals surface area contributed by atoms with Crippen LogP contribution in [0.4, 0.5) is 0 Å². The molecule has 7 nitrogen and oxygen atoms in total. The second-order valence-corrected chi connectivity index (χ2v) is 6.93. The Bertz CT molecular complexity index is 621. The predicted octanol–water partition coefficient (Wildman–Crippen LogP) is -0.384. The zero-order chi connectivity index (χ0) is 16.2. The first kappa shape index (κ1) is 16.1. The van der Waals surface area contributed by atoms with Gasteiger partial charge in [-0.15, -0.1) is 11.8 Å². The lowest BCUT2D eigenvalue weighted by atomic mass is 10.0. The van der Waals surface area contributed by atoms with E-state index >= 15 is 0 Å². The van der Waals surface area contributed by atoms with E-state index in [0.717, 1.165) is 31.1 Å². The van der Waals surface area contributed by atoms with Gasteiger partial charge in [-0.1, -0.05) is 0 Å². The lowest BCUT2D eigenvalue weighted by molar-refractivity contribution is -0.131. The Morgan fingerprint density at radius 2 is 2.26 bits per heavy atom. The number of aromatic nitrogens is 1. The van der Waals surface area contributed by atoms with Crippen molar-refractivity contribution in [1.82, 2.24) is 20.5 Å². The van der Waals surface area contributed by atoms with Crippen LogP contribution in [0.2, 0.25) is 0 Å². The molecule has 0 aromatic carbocycles. The van der Waals surface area contributed by atoms with Gasteiger partial charge in [0.25, 0.3) is 5.91 Å². The van der Waals surface area contributed by atoms with E-state index in [1.165, 1.54) is 18.3 Å². The lowest BCUT2D eigenvalue weighted by Gasteiger charge is -2.19. The first-order valence-corrected chi connectivity index (χ1v) is 8.86. The molecule has 0 radical (unpaired) electrons. The third kappa shape index (κ3) is 3.94. The number of thioether (sulfide) groups is 1. The molecular weight excluding hydrogens is 316 g/mol. The number of nitrogens with one attached hydrogen (secondary N) is 3. The fourth-order valence-corrected chi connectivity index (χ4v) is 3.81. The first-order chi connectivity index (χ1) is 11.1. The molecule has 0 saturated carbocycles. The highest BCUT2D eigenvalue weighted by Crippen LogP contribution is 2.19. The fourth-order valence-electron chi connectivity index (χ4n) is 2.85. The standard InChI is InChI=1S/C15H20N4O3S/c20-13-2-1-11(8-17-13)14(21)18-7-10-5-12(16-6-10)15(22)19-3-4-23-9-19/h1-2,8,10,12,16H,3-7,9H2,(H,17,20)(H,18,21). The summed E-state index contributed by atoms with van der Waals surface area (Å²) in [5.41, 5.74) is 0.195. The molecule has 124 valence electrons. The van der Waals surface area contributed by atoms with Crippen LogP contribution < -0.4 is 16.2 Å². The first-order valence-electron chi connectivity index (χ1n) is 7.70. The summed E-state index contributed by atoms with van der Waals surface area (Å²) in [6, 6.07) is 2.69. The molecule has 0 spiro atoms. The van der Waals surface area contributed by atoms with E-state index in [4.69, 9.17) is 0 Å². The van der Waals surface area contributed by atoms with Crippen molar-refractivity contribution >= 4 is 23.6 Å². The second kappa shape index (κ2) is 7.18. The van der Waals surface area contributed by atoms with Crippen molar-refractivity contribution in [2.45, 2.75) is 12.5 Å². The van der Waals surface area contributed by atoms with Gasteiger partial charge in [-0.2, -0.15) is 0 Å². The molecule has 2 saturated heterocycles. The Labute approximate surface area is 138 Å². The Balaban J connectivity index is 1.46. The molecule has 3 rings (SSSR count). The molecule has 3 heterocycles. The molecule has 1 aromatic heterocycles. The maximum atomic E-state index is 12.3. The summed E-state index contributed by atoms with van der Waals surface area (Å²) in [5.74, 6) is 1.99. The summed E-state index contributed by atoms with van der Waals surface area (Å²) in [6.45, 7) is 2.07. The molecule has 2 aliphatic rings. The van der Waals surface area contributed by atoms with Gasteiger partial charge >= 0.3 is 0 Å². The van der Waals surface area contributed by atoms with Crippen LogP contribution in [0.25, 0.3) is 0 Å². The number of hydrogen-bond acceptors (Lipinski definition) is 5. The quantitative estimate of drug-likeness (QED) is 0.697. The summed E-state index contributed by atoms with van der Waals surface area (Å²) in [4.78, 5) is 39.7. The summed E-state index contributed by atoms with van der Waals surface area (Å²) in [7, 11) is 0. The third-order valence-corrected chi connectivity index (χ3v) is 5.15. The topological polar surface area (TPSA) is 94.3 Å². The minimum Gasteiger partial charge on any atom is -0.352 e. The molecule has 3 N–H and O–H groups in total. The van der Waals surface area contributed by atoms with Crippen LogP contribution in [0.15, 0.2) is 23.1 Å². The average Bonchev–Trinajstić information content (AvgIpc) is 3.24. The normalized spacial score (nSPS) is 23.9. The molecular formula is C15H20N4O3S. The van der Waals surface area contributed by atoms with Crippen LogP contribution in [0.5, 0.6) is 0 Å². The highest BCUT2D eigenvalue weighted by atomic mass is 32.2. The van der Waals surface area contributed by atoms with Crippen molar-refractivity contribution in [3.05, 3.63) is 34.2 Å². The smallest absolute Gasteiger partial charge is 0.252 e. The molecule has 2 amide bonds. The molecule has 23 heavy (non-hydrogen) atoms. The van der Waals surface area contributed by atoms with Crippen molar-refractivity contribution in [2.24, 2.45) is 5.92 Å². The number of amides is 2. The second-order valence-electron chi connectivity index (χ2n) is 5.85. The SMILES string of the molecule is O=C(NCC1CNC(C(=O)N2CCSC2)C1)c1ccc(=O)[nH]c1. The van der Waals surface area contributed by atoms with E-state index < -0.39 is 0 Å². The van der Waals surface area contributed by atoms with Gasteiger partial charge in [0.05, 0.1) is 17.5 Å². The van der Waals surface area contributed by atoms with E-state index in [0.29, 0.717) is 12.1 Å². The molecule has 2 unspecified atom stereocenters. The monoisotopic (exact) mass is 336 g/mol. The number of rotatable bonds is 4. The number of nitrogens with zero attached hydrogens (tertiary/aromatic N) is 1. The largest absolute Gasteiger partial charge is 0.352 e. The number of aromatic amines is 1. The van der Waals surface area contributed by atoms with Gasteiger partial charge in [-0.05, 0) is 18.4 Å². The number of hydrogen-bond donors (Lipinski definition) is 3. The van der Waals surface area contributed by atoms with Crippen LogP contribution in [-0.4, -0.2) is 59.0 Å². The van der Waals surface area contributed by atoms with Crippen LogP contribution >= 0.6 is 11.8 Å². The summed E-state index contributed by atoms with van der Waals surface area (Å²) < 4.78 is 0. The van der Waals surface area contributed by atoms with Crippen LogP contribution in [0.1, 0.15) is 16.8 Å². The maximum absolute atomic E-state index is 12.3. The minimum atomic E-state index is -0.233. The third-order valence-electron chi connectivity index (χ3n) is 4.18. The van der Waals surface area contributed by atoms with Crippen molar-refractivity contribution in [2.75, 3.05) is 31.3 Å². The van der Waals surface area contributed by atoms with E-state index in [1.54, 1.807) is 11.8 Å². The number of H-pyrrole nitrogens is 1. The highest BCUT2D eigenvalue weighted by Gasteiger charge is 2.33. The molecule has 2 atom stereocenters. The molecule has 0 aliphatic carbocycles. The van der Waals surface area contributed by atoms with Crippen molar-refractivity contribution in [1.29, 1.82) is 0 Å². The summed E-state index contributed by atoms with van der Waals surface area (Å²) in [5, 5.41) is 6.11. The van der Waals surface area contributed by atoms with E-state index in [2.05, 4.69) is 15.6 Å². The minimum absolute atomic E-state index is 0.135. The van der Waals surface area contributed by atoms with Gasteiger partial charge < -0.3 is 20.5 Å². The molecule has 1 aromatic rings. The Kier molecular flexibility index (Phi) is 5.02. The van der Waals surface area contributed by atoms with E-state index in [9.17, 15) is 14.4 Å². The molecule has 8 heteroatoms. The van der Waals surface area contributed by atoms with Crippen molar-refractivity contribution < 1.29 is 9.59 Å². The number of carbonyl (C=O) groups excluding carboxylic acids is 2. The number of carbonyl (C=O) groups is 2. The van der Waals surface area contributed by atoms with Gasteiger partial charge in [0.2, 0.25) is 11.5 Å². The predicted molar refractivity (Wildman–Crippen MR) is 88.3 cm³/mol. The van der Waals surface area contributed by atoms with Gasteiger partial charge in [0, 0.05) is 37.7 Å². The van der Waals surface area contributed by atoms with E-state index in [1.807, 2.05) is 4.90 Å². The maximum Gasteiger partial charge on any atom is 0.252 e. The Morgan fingerprint density at radius 3 is 2.96 bits per heavy atom. The molecule has 2 fully saturated rings. The number of pyridine rings is 1. The molecule has 0 bridgehead atoms. The fraction of sp³-hybridized carbons (Fsp3) is 0.533. The van der Waals surface area contributed by atoms with Crippen LogP contribution in [0, 0.1) is 5.92 Å².